The fraction of sp³-hybridized carbons (Fsp3) is 0.353. The first kappa shape index (κ1) is 19.3. The second-order valence-electron chi connectivity index (χ2n) is 6.70. The van der Waals surface area contributed by atoms with Gasteiger partial charge in [0.2, 0.25) is 5.91 Å². The summed E-state index contributed by atoms with van der Waals surface area (Å²) in [4.78, 5) is 36.4. The van der Waals surface area contributed by atoms with Gasteiger partial charge >= 0.3 is 6.18 Å². The number of rotatable bonds is 5. The van der Waals surface area contributed by atoms with Gasteiger partial charge in [0.05, 0.1) is 12.4 Å². The van der Waals surface area contributed by atoms with Crippen molar-refractivity contribution in [2.75, 3.05) is 5.32 Å². The zero-order valence-electron chi connectivity index (χ0n) is 15.0. The van der Waals surface area contributed by atoms with Gasteiger partial charge in [-0.2, -0.15) is 13.2 Å². The zero-order chi connectivity index (χ0) is 20.8. The lowest BCUT2D eigenvalue weighted by atomic mass is 10.3. The molecule has 1 aliphatic carbocycles. The third-order valence-electron chi connectivity index (χ3n) is 4.34. The maximum atomic E-state index is 12.6. The number of imidazole rings is 1. The Balaban J connectivity index is 1.51. The Morgan fingerprint density at radius 1 is 1.24 bits per heavy atom. The molecule has 0 bridgehead atoms. The summed E-state index contributed by atoms with van der Waals surface area (Å²) in [7, 11) is 0. The highest BCUT2D eigenvalue weighted by molar-refractivity contribution is 7.12. The van der Waals surface area contributed by atoms with Crippen LogP contribution in [0.2, 0.25) is 0 Å². The molecule has 29 heavy (non-hydrogen) atoms. The number of alkyl halides is 3. The quantitative estimate of drug-likeness (QED) is 0.656. The van der Waals surface area contributed by atoms with Gasteiger partial charge in [0.25, 0.3) is 5.91 Å². The van der Waals surface area contributed by atoms with Gasteiger partial charge in [0.1, 0.15) is 17.4 Å². The Bertz CT molecular complexity index is 1090. The summed E-state index contributed by atoms with van der Waals surface area (Å²) in [6.07, 6.45) is 1.96. The molecule has 1 unspecified atom stereocenters. The minimum Gasteiger partial charge on any atom is -0.338 e. The molecular weight excluding hydrogens is 409 g/mol. The molecular formula is C17H15F3N6O2S. The van der Waals surface area contributed by atoms with Crippen LogP contribution in [0.25, 0.3) is 17.0 Å². The highest BCUT2D eigenvalue weighted by Crippen LogP contribution is 2.30. The second-order valence-corrected chi connectivity index (χ2v) is 7.56. The highest BCUT2D eigenvalue weighted by Gasteiger charge is 2.37. The fourth-order valence-electron chi connectivity index (χ4n) is 2.50. The number of nitrogens with zero attached hydrogens (tertiary/aromatic N) is 4. The maximum absolute atomic E-state index is 12.6. The molecule has 2 amide bonds. The lowest BCUT2D eigenvalue weighted by molar-refractivity contribution is -0.149. The van der Waals surface area contributed by atoms with Crippen molar-refractivity contribution in [1.82, 2.24) is 24.7 Å². The van der Waals surface area contributed by atoms with Crippen molar-refractivity contribution in [3.63, 3.8) is 0 Å². The molecule has 0 aromatic carbocycles. The first-order valence-corrected chi connectivity index (χ1v) is 9.58. The highest BCUT2D eigenvalue weighted by atomic mass is 32.1. The molecule has 3 aromatic heterocycles. The van der Waals surface area contributed by atoms with Crippen molar-refractivity contribution < 1.29 is 22.8 Å². The SMILES string of the molecule is CC(NC(=O)c1nc(-c2cn3cc(NC(=O)C4CC4)nc3cn2)cs1)C(F)(F)F. The molecule has 1 fully saturated rings. The summed E-state index contributed by atoms with van der Waals surface area (Å²) in [5.41, 5.74) is 1.26. The van der Waals surface area contributed by atoms with Crippen LogP contribution in [-0.4, -0.2) is 43.4 Å². The molecule has 2 N–H and O–H groups in total. The number of amides is 2. The normalized spacial score (nSPS) is 15.3. The van der Waals surface area contributed by atoms with E-state index >= 15 is 0 Å². The van der Waals surface area contributed by atoms with E-state index in [4.69, 9.17) is 0 Å². The Labute approximate surface area is 166 Å². The van der Waals surface area contributed by atoms with Crippen LogP contribution >= 0.6 is 11.3 Å². The molecule has 3 heterocycles. The van der Waals surface area contributed by atoms with Crippen LogP contribution in [0.1, 0.15) is 29.6 Å². The Kier molecular flexibility index (Phi) is 4.73. The third-order valence-corrected chi connectivity index (χ3v) is 5.18. The molecule has 0 saturated heterocycles. The molecule has 152 valence electrons. The number of hydrogen-bond acceptors (Lipinski definition) is 6. The predicted octanol–water partition coefficient (Wildman–Crippen LogP) is 2.88. The zero-order valence-corrected chi connectivity index (χ0v) is 15.8. The first-order valence-electron chi connectivity index (χ1n) is 8.70. The van der Waals surface area contributed by atoms with E-state index in [1.54, 1.807) is 16.8 Å². The van der Waals surface area contributed by atoms with Gasteiger partial charge in [0, 0.05) is 17.5 Å². The number of nitrogens with one attached hydrogen (secondary N) is 2. The smallest absolute Gasteiger partial charge is 0.338 e. The summed E-state index contributed by atoms with van der Waals surface area (Å²) < 4.78 is 39.4. The average molecular weight is 424 g/mol. The van der Waals surface area contributed by atoms with Crippen LogP contribution in [0.3, 0.4) is 0 Å². The second kappa shape index (κ2) is 7.10. The number of halogens is 3. The number of thiazole rings is 1. The van der Waals surface area contributed by atoms with Gasteiger partial charge in [-0.25, -0.2) is 15.0 Å². The molecule has 1 saturated carbocycles. The van der Waals surface area contributed by atoms with Crippen molar-refractivity contribution in [1.29, 1.82) is 0 Å². The van der Waals surface area contributed by atoms with E-state index in [1.165, 1.54) is 11.6 Å². The monoisotopic (exact) mass is 424 g/mol. The van der Waals surface area contributed by atoms with E-state index in [-0.39, 0.29) is 16.8 Å². The van der Waals surface area contributed by atoms with Crippen molar-refractivity contribution in [2.24, 2.45) is 5.92 Å². The fourth-order valence-corrected chi connectivity index (χ4v) is 3.22. The minimum atomic E-state index is -4.53. The lowest BCUT2D eigenvalue weighted by Crippen LogP contribution is -2.43. The molecule has 0 radical (unpaired) electrons. The van der Waals surface area contributed by atoms with Gasteiger partial charge in [0.15, 0.2) is 16.5 Å². The van der Waals surface area contributed by atoms with Gasteiger partial charge in [-0.15, -0.1) is 11.3 Å². The summed E-state index contributed by atoms with van der Waals surface area (Å²) >= 11 is 0.922. The van der Waals surface area contributed by atoms with Crippen molar-refractivity contribution in [3.8, 4) is 11.4 Å². The van der Waals surface area contributed by atoms with Crippen molar-refractivity contribution in [2.45, 2.75) is 32.0 Å². The van der Waals surface area contributed by atoms with E-state index in [0.29, 0.717) is 22.9 Å². The molecule has 8 nitrogen and oxygen atoms in total. The van der Waals surface area contributed by atoms with E-state index in [9.17, 15) is 22.8 Å². The molecule has 3 aromatic rings. The van der Waals surface area contributed by atoms with Crippen LogP contribution < -0.4 is 10.6 Å². The van der Waals surface area contributed by atoms with Crippen molar-refractivity contribution >= 4 is 34.6 Å². The molecule has 0 aliphatic heterocycles. The summed E-state index contributed by atoms with van der Waals surface area (Å²) in [6, 6.07) is -1.98. The molecule has 4 rings (SSSR count). The summed E-state index contributed by atoms with van der Waals surface area (Å²) in [5, 5.41) is 6.06. The van der Waals surface area contributed by atoms with Gasteiger partial charge in [-0.1, -0.05) is 0 Å². The van der Waals surface area contributed by atoms with Crippen LogP contribution in [-0.2, 0) is 4.79 Å². The number of carbonyl (C=O) groups is 2. The summed E-state index contributed by atoms with van der Waals surface area (Å²) in [6.45, 7) is 0.862. The number of aromatic nitrogens is 4. The Hall–Kier alpha value is -3.02. The van der Waals surface area contributed by atoms with Gasteiger partial charge < -0.3 is 15.0 Å². The molecule has 1 atom stereocenters. The number of fused-ring (bicyclic) bond motifs is 1. The molecule has 0 spiro atoms. The maximum Gasteiger partial charge on any atom is 0.408 e. The van der Waals surface area contributed by atoms with Crippen LogP contribution in [0.5, 0.6) is 0 Å². The summed E-state index contributed by atoms with van der Waals surface area (Å²) in [5.74, 6) is -0.516. The molecule has 1 aliphatic rings. The van der Waals surface area contributed by atoms with Crippen LogP contribution in [0.15, 0.2) is 24.0 Å². The first-order chi connectivity index (χ1) is 13.7. The van der Waals surface area contributed by atoms with Gasteiger partial charge in [-0.3, -0.25) is 9.59 Å². The topological polar surface area (TPSA) is 101 Å². The lowest BCUT2D eigenvalue weighted by Gasteiger charge is -2.16. The number of anilines is 1. The van der Waals surface area contributed by atoms with E-state index in [1.807, 2.05) is 5.32 Å². The van der Waals surface area contributed by atoms with Crippen molar-refractivity contribution in [3.05, 3.63) is 29.0 Å². The largest absolute Gasteiger partial charge is 0.408 e. The van der Waals surface area contributed by atoms with E-state index in [0.717, 1.165) is 31.1 Å². The molecule has 12 heteroatoms. The third kappa shape index (κ3) is 4.21. The average Bonchev–Trinajstić information content (AvgIpc) is 3.25. The van der Waals surface area contributed by atoms with Crippen LogP contribution in [0, 0.1) is 5.92 Å². The Morgan fingerprint density at radius 3 is 2.69 bits per heavy atom. The predicted molar refractivity (Wildman–Crippen MR) is 98.4 cm³/mol. The minimum absolute atomic E-state index is 0.0492. The standard InChI is InChI=1S/C17H15F3N6O2S/c1-8(17(18,19)20)22-15(28)16-23-11(7-29-16)10-5-26-6-12(24-13(26)4-21-10)25-14(27)9-2-3-9/h4-9H,2-3H2,1H3,(H,22,28)(H,25,27). The van der Waals surface area contributed by atoms with E-state index in [2.05, 4.69) is 20.3 Å². The number of hydrogen-bond donors (Lipinski definition) is 2. The number of carbonyl (C=O) groups excluding carboxylic acids is 2. The Morgan fingerprint density at radius 2 is 2.00 bits per heavy atom. The van der Waals surface area contributed by atoms with E-state index < -0.39 is 18.1 Å². The van der Waals surface area contributed by atoms with Gasteiger partial charge in [-0.05, 0) is 19.8 Å². The van der Waals surface area contributed by atoms with Crippen LogP contribution in [0.4, 0.5) is 19.0 Å².